The zero-order valence-corrected chi connectivity index (χ0v) is 12.2. The Bertz CT molecular complexity index is 604. The van der Waals surface area contributed by atoms with E-state index in [1.807, 2.05) is 0 Å². The van der Waals surface area contributed by atoms with Gasteiger partial charge in [0.25, 0.3) is 0 Å². The zero-order chi connectivity index (χ0) is 13.9. The first kappa shape index (κ1) is 13.3. The number of hydrogen-bond donors (Lipinski definition) is 2. The Hall–Kier alpha value is -1.68. The van der Waals surface area contributed by atoms with Gasteiger partial charge in [-0.3, -0.25) is 0 Å². The lowest BCUT2D eigenvalue weighted by Gasteiger charge is -2.18. The minimum Gasteiger partial charge on any atom is -0.486 e. The van der Waals surface area contributed by atoms with E-state index >= 15 is 0 Å². The van der Waals surface area contributed by atoms with Crippen molar-refractivity contribution in [2.45, 2.75) is 26.7 Å². The smallest absolute Gasteiger partial charge is 0.163 e. The summed E-state index contributed by atoms with van der Waals surface area (Å²) in [6, 6.07) is 4.18. The van der Waals surface area contributed by atoms with Gasteiger partial charge in [-0.15, -0.1) is 0 Å². The van der Waals surface area contributed by atoms with Crippen molar-refractivity contribution in [2.24, 2.45) is 0 Å². The molecule has 0 saturated heterocycles. The second-order valence-electron chi connectivity index (χ2n) is 5.23. The van der Waals surface area contributed by atoms with Crippen LogP contribution in [0.25, 0.3) is 10.9 Å². The van der Waals surface area contributed by atoms with Crippen LogP contribution < -0.4 is 14.8 Å². The van der Waals surface area contributed by atoms with E-state index in [-0.39, 0.29) is 0 Å². The van der Waals surface area contributed by atoms with Crippen LogP contribution in [0.5, 0.6) is 11.5 Å². The van der Waals surface area contributed by atoms with Crippen molar-refractivity contribution in [3.05, 3.63) is 23.4 Å². The summed E-state index contributed by atoms with van der Waals surface area (Å²) >= 11 is 0. The highest BCUT2D eigenvalue weighted by Crippen LogP contribution is 2.36. The van der Waals surface area contributed by atoms with E-state index in [9.17, 15) is 0 Å². The maximum atomic E-state index is 5.69. The van der Waals surface area contributed by atoms with Crippen molar-refractivity contribution in [1.82, 2.24) is 10.3 Å². The van der Waals surface area contributed by atoms with Crippen molar-refractivity contribution in [3.63, 3.8) is 0 Å². The number of ether oxygens (including phenoxy) is 2. The lowest BCUT2D eigenvalue weighted by atomic mass is 10.1. The van der Waals surface area contributed by atoms with Crippen LogP contribution in [0.3, 0.4) is 0 Å². The van der Waals surface area contributed by atoms with E-state index < -0.39 is 0 Å². The summed E-state index contributed by atoms with van der Waals surface area (Å²) < 4.78 is 11.3. The highest BCUT2D eigenvalue weighted by molar-refractivity contribution is 5.88. The summed E-state index contributed by atoms with van der Waals surface area (Å²) in [5.74, 6) is 1.72. The predicted molar refractivity (Wildman–Crippen MR) is 80.9 cm³/mol. The number of aromatic amines is 1. The fourth-order valence-corrected chi connectivity index (χ4v) is 2.81. The highest BCUT2D eigenvalue weighted by atomic mass is 16.6. The van der Waals surface area contributed by atoms with Crippen LogP contribution in [0.1, 0.15) is 24.6 Å². The predicted octanol–water partition coefficient (Wildman–Crippen LogP) is 2.79. The van der Waals surface area contributed by atoms with Gasteiger partial charge in [-0.05, 0) is 44.5 Å². The molecule has 0 atom stereocenters. The van der Waals surface area contributed by atoms with Gasteiger partial charge in [0.05, 0.1) is 0 Å². The minimum atomic E-state index is 0.633. The molecule has 4 nitrogen and oxygen atoms in total. The molecule has 1 aromatic heterocycles. The second-order valence-corrected chi connectivity index (χ2v) is 5.23. The summed E-state index contributed by atoms with van der Waals surface area (Å²) in [6.45, 7) is 7.65. The largest absolute Gasteiger partial charge is 0.486 e. The molecule has 20 heavy (non-hydrogen) atoms. The van der Waals surface area contributed by atoms with Crippen molar-refractivity contribution >= 4 is 10.9 Å². The van der Waals surface area contributed by atoms with E-state index in [1.165, 1.54) is 16.6 Å². The Balaban J connectivity index is 1.89. The highest BCUT2D eigenvalue weighted by Gasteiger charge is 2.16. The molecule has 0 bridgehead atoms. The van der Waals surface area contributed by atoms with E-state index in [0.717, 1.165) is 42.9 Å². The van der Waals surface area contributed by atoms with Crippen LogP contribution in [0.4, 0.5) is 0 Å². The van der Waals surface area contributed by atoms with Crippen LogP contribution in [0.15, 0.2) is 12.1 Å². The number of aromatic nitrogens is 1. The van der Waals surface area contributed by atoms with E-state index in [4.69, 9.17) is 9.47 Å². The molecule has 2 heterocycles. The summed E-state index contributed by atoms with van der Waals surface area (Å²) in [5.41, 5.74) is 3.79. The Morgan fingerprint density at radius 3 is 2.70 bits per heavy atom. The number of aryl methyl sites for hydroxylation is 2. The van der Waals surface area contributed by atoms with Gasteiger partial charge < -0.3 is 19.8 Å². The molecule has 1 aliphatic rings. The standard InChI is InChI=1S/C16H22N2O2/c1-3-17-6-4-5-12-11(2)18-14-10-16-15(9-13(12)14)19-7-8-20-16/h9-10,17-18H,3-8H2,1-2H3. The van der Waals surface area contributed by atoms with Gasteiger partial charge in [-0.2, -0.15) is 0 Å². The van der Waals surface area contributed by atoms with Gasteiger partial charge in [0.15, 0.2) is 11.5 Å². The molecule has 2 N–H and O–H groups in total. The van der Waals surface area contributed by atoms with E-state index in [1.54, 1.807) is 0 Å². The molecule has 4 heteroatoms. The first-order valence-corrected chi connectivity index (χ1v) is 7.41. The number of benzene rings is 1. The van der Waals surface area contributed by atoms with Crippen LogP contribution in [0.2, 0.25) is 0 Å². The monoisotopic (exact) mass is 274 g/mol. The molecule has 0 saturated carbocycles. The molecule has 0 aliphatic carbocycles. The van der Waals surface area contributed by atoms with Gasteiger partial charge in [0.1, 0.15) is 13.2 Å². The second kappa shape index (κ2) is 5.75. The number of H-pyrrole nitrogens is 1. The molecule has 0 amide bonds. The quantitative estimate of drug-likeness (QED) is 0.824. The van der Waals surface area contributed by atoms with Gasteiger partial charge in [0.2, 0.25) is 0 Å². The average molecular weight is 274 g/mol. The zero-order valence-electron chi connectivity index (χ0n) is 12.2. The molecule has 1 aromatic carbocycles. The number of hydrogen-bond acceptors (Lipinski definition) is 3. The number of fused-ring (bicyclic) bond motifs is 2. The van der Waals surface area contributed by atoms with Gasteiger partial charge in [0, 0.05) is 22.7 Å². The molecule has 0 unspecified atom stereocenters. The Morgan fingerprint density at radius 2 is 1.95 bits per heavy atom. The summed E-state index contributed by atoms with van der Waals surface area (Å²) in [7, 11) is 0. The first-order chi connectivity index (χ1) is 9.79. The maximum absolute atomic E-state index is 5.69. The Morgan fingerprint density at radius 1 is 1.20 bits per heavy atom. The molecule has 0 fully saturated rings. The summed E-state index contributed by atoms with van der Waals surface area (Å²) in [6.07, 6.45) is 2.23. The molecule has 1 aliphatic heterocycles. The third-order valence-corrected chi connectivity index (χ3v) is 3.81. The topological polar surface area (TPSA) is 46.3 Å². The number of rotatable bonds is 5. The molecular weight excluding hydrogens is 252 g/mol. The fourth-order valence-electron chi connectivity index (χ4n) is 2.81. The molecule has 108 valence electrons. The SMILES string of the molecule is CCNCCCc1c(C)[nH]c2cc3c(cc12)OCCO3. The normalized spacial score (nSPS) is 13.9. The molecule has 2 aromatic rings. The van der Waals surface area contributed by atoms with E-state index in [2.05, 4.69) is 36.3 Å². The van der Waals surface area contributed by atoms with Crippen LogP contribution in [-0.4, -0.2) is 31.3 Å². The average Bonchev–Trinajstić information content (AvgIpc) is 2.76. The van der Waals surface area contributed by atoms with Crippen LogP contribution in [0, 0.1) is 6.92 Å². The van der Waals surface area contributed by atoms with Crippen molar-refractivity contribution in [2.75, 3.05) is 26.3 Å². The Kier molecular flexibility index (Phi) is 3.83. The van der Waals surface area contributed by atoms with Crippen molar-refractivity contribution in [3.8, 4) is 11.5 Å². The lowest BCUT2D eigenvalue weighted by Crippen LogP contribution is -2.15. The maximum Gasteiger partial charge on any atom is 0.163 e. The third-order valence-electron chi connectivity index (χ3n) is 3.81. The van der Waals surface area contributed by atoms with Crippen molar-refractivity contribution in [1.29, 1.82) is 0 Å². The molecule has 3 rings (SSSR count). The molecular formula is C16H22N2O2. The third kappa shape index (κ3) is 2.48. The molecule has 0 spiro atoms. The Labute approximate surface area is 119 Å². The lowest BCUT2D eigenvalue weighted by molar-refractivity contribution is 0.172. The summed E-state index contributed by atoms with van der Waals surface area (Å²) in [4.78, 5) is 3.46. The number of nitrogens with one attached hydrogen (secondary N) is 2. The minimum absolute atomic E-state index is 0.633. The van der Waals surface area contributed by atoms with Gasteiger partial charge in [-0.1, -0.05) is 6.92 Å². The van der Waals surface area contributed by atoms with Crippen LogP contribution >= 0.6 is 0 Å². The molecule has 0 radical (unpaired) electrons. The fraction of sp³-hybridized carbons (Fsp3) is 0.500. The summed E-state index contributed by atoms with van der Waals surface area (Å²) in [5, 5.41) is 4.64. The van der Waals surface area contributed by atoms with Gasteiger partial charge >= 0.3 is 0 Å². The van der Waals surface area contributed by atoms with Crippen LogP contribution in [-0.2, 0) is 6.42 Å². The van der Waals surface area contributed by atoms with E-state index in [0.29, 0.717) is 13.2 Å². The van der Waals surface area contributed by atoms with Crippen molar-refractivity contribution < 1.29 is 9.47 Å². The first-order valence-electron chi connectivity index (χ1n) is 7.41. The van der Waals surface area contributed by atoms with Gasteiger partial charge in [-0.25, -0.2) is 0 Å².